The normalized spacial score (nSPS) is 22.5. The fraction of sp³-hybridized carbons (Fsp3) is 1.00. The Kier molecular flexibility index (Phi) is 4.98. The van der Waals surface area contributed by atoms with Crippen molar-refractivity contribution in [2.24, 2.45) is 0 Å². The van der Waals surface area contributed by atoms with E-state index in [-0.39, 0.29) is 6.04 Å². The topological polar surface area (TPSA) is 61.4 Å². The summed E-state index contributed by atoms with van der Waals surface area (Å²) >= 11 is 0. The zero-order valence-corrected chi connectivity index (χ0v) is 10.3. The summed E-state index contributed by atoms with van der Waals surface area (Å²) in [6.07, 6.45) is 1.72. The van der Waals surface area contributed by atoms with Crippen molar-refractivity contribution < 1.29 is 8.42 Å². The average molecular weight is 235 g/mol. The molecule has 90 valence electrons. The van der Waals surface area contributed by atoms with Crippen molar-refractivity contribution >= 4 is 10.2 Å². The molecule has 1 aliphatic rings. The van der Waals surface area contributed by atoms with Crippen molar-refractivity contribution in [1.82, 2.24) is 14.3 Å². The maximum Gasteiger partial charge on any atom is 0.279 e. The van der Waals surface area contributed by atoms with Gasteiger partial charge in [0, 0.05) is 25.7 Å². The van der Waals surface area contributed by atoms with Crippen LogP contribution in [-0.2, 0) is 10.2 Å². The summed E-state index contributed by atoms with van der Waals surface area (Å²) in [6, 6.07) is 0.115. The van der Waals surface area contributed by atoms with Crippen LogP contribution in [0.25, 0.3) is 0 Å². The lowest BCUT2D eigenvalue weighted by atomic mass is 10.3. The predicted molar refractivity (Wildman–Crippen MR) is 60.9 cm³/mol. The zero-order chi connectivity index (χ0) is 11.3. The van der Waals surface area contributed by atoms with Crippen molar-refractivity contribution in [2.75, 3.05) is 26.2 Å². The predicted octanol–water partition coefficient (Wildman–Crippen LogP) is -0.0854. The van der Waals surface area contributed by atoms with Crippen molar-refractivity contribution in [2.45, 2.75) is 32.7 Å². The molecule has 0 bridgehead atoms. The Morgan fingerprint density at radius 2 is 2.20 bits per heavy atom. The third kappa shape index (κ3) is 3.41. The Labute approximate surface area is 92.4 Å². The summed E-state index contributed by atoms with van der Waals surface area (Å²) in [5, 5.41) is 3.18. The molecule has 1 saturated heterocycles. The molecule has 1 atom stereocenters. The number of nitrogens with one attached hydrogen (secondary N) is 2. The highest BCUT2D eigenvalue weighted by Crippen LogP contribution is 2.11. The van der Waals surface area contributed by atoms with E-state index >= 15 is 0 Å². The molecule has 0 radical (unpaired) electrons. The molecular formula is C9H21N3O2S. The summed E-state index contributed by atoms with van der Waals surface area (Å²) < 4.78 is 28.0. The Hall–Kier alpha value is -0.170. The summed E-state index contributed by atoms with van der Waals surface area (Å²) in [7, 11) is -3.27. The first-order chi connectivity index (χ1) is 7.11. The van der Waals surface area contributed by atoms with Crippen molar-refractivity contribution in [3.63, 3.8) is 0 Å². The molecule has 0 aromatic rings. The van der Waals surface area contributed by atoms with Crippen LogP contribution in [0.3, 0.4) is 0 Å². The summed E-state index contributed by atoms with van der Waals surface area (Å²) in [6.45, 7) is 6.55. The van der Waals surface area contributed by atoms with Crippen LogP contribution in [0.2, 0.25) is 0 Å². The van der Waals surface area contributed by atoms with Gasteiger partial charge in [-0.15, -0.1) is 0 Å². The van der Waals surface area contributed by atoms with E-state index < -0.39 is 10.2 Å². The molecule has 0 aliphatic carbocycles. The highest BCUT2D eigenvalue weighted by molar-refractivity contribution is 7.87. The first kappa shape index (κ1) is 12.9. The van der Waals surface area contributed by atoms with E-state index in [4.69, 9.17) is 0 Å². The van der Waals surface area contributed by atoms with Crippen LogP contribution < -0.4 is 10.0 Å². The zero-order valence-electron chi connectivity index (χ0n) is 9.49. The molecule has 0 saturated carbocycles. The third-order valence-corrected chi connectivity index (χ3v) is 4.34. The Balaban J connectivity index is 2.63. The molecule has 2 N–H and O–H groups in total. The molecule has 1 fully saturated rings. The van der Waals surface area contributed by atoms with E-state index in [1.54, 1.807) is 4.31 Å². The summed E-state index contributed by atoms with van der Waals surface area (Å²) in [5.74, 6) is 0. The van der Waals surface area contributed by atoms with Gasteiger partial charge < -0.3 is 5.32 Å². The molecule has 0 aromatic heterocycles. The number of rotatable bonds is 6. The second-order valence-corrected chi connectivity index (χ2v) is 5.46. The SMILES string of the molecule is CCCNS(=O)(=O)N(CC)C1CCNC1. The summed E-state index contributed by atoms with van der Waals surface area (Å²) in [4.78, 5) is 0. The van der Waals surface area contributed by atoms with Gasteiger partial charge in [-0.25, -0.2) is 4.72 Å². The molecule has 1 aliphatic heterocycles. The monoisotopic (exact) mass is 235 g/mol. The molecule has 1 heterocycles. The number of nitrogens with zero attached hydrogens (tertiary/aromatic N) is 1. The molecule has 15 heavy (non-hydrogen) atoms. The molecular weight excluding hydrogens is 214 g/mol. The van der Waals surface area contributed by atoms with E-state index in [0.29, 0.717) is 13.1 Å². The highest BCUT2D eigenvalue weighted by Gasteiger charge is 2.29. The van der Waals surface area contributed by atoms with Gasteiger partial charge in [0.1, 0.15) is 0 Å². The van der Waals surface area contributed by atoms with E-state index in [0.717, 1.165) is 25.9 Å². The smallest absolute Gasteiger partial charge is 0.279 e. The Morgan fingerprint density at radius 1 is 1.47 bits per heavy atom. The van der Waals surface area contributed by atoms with E-state index in [2.05, 4.69) is 10.0 Å². The van der Waals surface area contributed by atoms with Crippen LogP contribution in [0.5, 0.6) is 0 Å². The molecule has 0 spiro atoms. The van der Waals surface area contributed by atoms with Crippen molar-refractivity contribution in [3.8, 4) is 0 Å². The molecule has 5 nitrogen and oxygen atoms in total. The van der Waals surface area contributed by atoms with Gasteiger partial charge in [-0.2, -0.15) is 12.7 Å². The van der Waals surface area contributed by atoms with Gasteiger partial charge in [0.2, 0.25) is 0 Å². The molecule has 0 aromatic carbocycles. The van der Waals surface area contributed by atoms with E-state index in [1.807, 2.05) is 13.8 Å². The maximum atomic E-state index is 11.9. The maximum absolute atomic E-state index is 11.9. The van der Waals surface area contributed by atoms with Crippen LogP contribution >= 0.6 is 0 Å². The molecule has 1 unspecified atom stereocenters. The largest absolute Gasteiger partial charge is 0.315 e. The van der Waals surface area contributed by atoms with Gasteiger partial charge in [-0.3, -0.25) is 0 Å². The molecule has 1 rings (SSSR count). The van der Waals surface area contributed by atoms with Gasteiger partial charge in [-0.05, 0) is 19.4 Å². The molecule has 0 amide bonds. The standard InChI is InChI=1S/C9H21N3O2S/c1-3-6-11-15(13,14)12(4-2)9-5-7-10-8-9/h9-11H,3-8H2,1-2H3. The minimum Gasteiger partial charge on any atom is -0.315 e. The third-order valence-electron chi connectivity index (χ3n) is 2.60. The first-order valence-electron chi connectivity index (χ1n) is 5.59. The van der Waals surface area contributed by atoms with Crippen LogP contribution in [0.15, 0.2) is 0 Å². The van der Waals surface area contributed by atoms with E-state index in [1.165, 1.54) is 0 Å². The Bertz CT molecular complexity index is 273. The van der Waals surface area contributed by atoms with Crippen molar-refractivity contribution in [1.29, 1.82) is 0 Å². The van der Waals surface area contributed by atoms with Gasteiger partial charge in [0.05, 0.1) is 0 Å². The Morgan fingerprint density at radius 3 is 2.67 bits per heavy atom. The van der Waals surface area contributed by atoms with Gasteiger partial charge in [0.25, 0.3) is 10.2 Å². The first-order valence-corrected chi connectivity index (χ1v) is 7.03. The second-order valence-electron chi connectivity index (χ2n) is 3.75. The van der Waals surface area contributed by atoms with Gasteiger partial charge in [0.15, 0.2) is 0 Å². The minimum atomic E-state index is -3.27. The lowest BCUT2D eigenvalue weighted by Gasteiger charge is -2.26. The fourth-order valence-corrected chi connectivity index (χ4v) is 3.36. The van der Waals surface area contributed by atoms with Gasteiger partial charge in [-0.1, -0.05) is 13.8 Å². The number of hydrogen-bond donors (Lipinski definition) is 2. The van der Waals surface area contributed by atoms with Crippen LogP contribution in [-0.4, -0.2) is 44.9 Å². The minimum absolute atomic E-state index is 0.115. The summed E-state index contributed by atoms with van der Waals surface area (Å²) in [5.41, 5.74) is 0. The molecule has 6 heteroatoms. The van der Waals surface area contributed by atoms with E-state index in [9.17, 15) is 8.42 Å². The van der Waals surface area contributed by atoms with Crippen LogP contribution in [0, 0.1) is 0 Å². The van der Waals surface area contributed by atoms with Gasteiger partial charge >= 0.3 is 0 Å². The fourth-order valence-electron chi connectivity index (χ4n) is 1.82. The van der Waals surface area contributed by atoms with Crippen LogP contribution in [0.4, 0.5) is 0 Å². The average Bonchev–Trinajstić information content (AvgIpc) is 2.69. The lowest BCUT2D eigenvalue weighted by Crippen LogP contribution is -2.47. The highest BCUT2D eigenvalue weighted by atomic mass is 32.2. The van der Waals surface area contributed by atoms with Crippen LogP contribution in [0.1, 0.15) is 26.7 Å². The van der Waals surface area contributed by atoms with Crippen molar-refractivity contribution in [3.05, 3.63) is 0 Å². The second kappa shape index (κ2) is 5.79. The lowest BCUT2D eigenvalue weighted by molar-refractivity contribution is 0.343. The number of hydrogen-bond acceptors (Lipinski definition) is 3. The number of likely N-dealkylation sites (N-methyl/N-ethyl adjacent to an activating group) is 1. The quantitative estimate of drug-likeness (QED) is 0.676.